The predicted octanol–water partition coefficient (Wildman–Crippen LogP) is 5.71. The van der Waals surface area contributed by atoms with Gasteiger partial charge < -0.3 is 4.74 Å². The van der Waals surface area contributed by atoms with Crippen LogP contribution in [0.15, 0.2) is 101 Å². The molecule has 0 saturated heterocycles. The molecule has 5 nitrogen and oxygen atoms in total. The first-order valence-corrected chi connectivity index (χ1v) is 13.3. The number of sulfonamides is 1. The summed E-state index contributed by atoms with van der Waals surface area (Å²) in [7, 11) is -3.73. The summed E-state index contributed by atoms with van der Waals surface area (Å²) in [6.07, 6.45) is 2.29. The van der Waals surface area contributed by atoms with Crippen LogP contribution in [0, 0.1) is 6.92 Å². The second-order valence-corrected chi connectivity index (χ2v) is 11.1. The van der Waals surface area contributed by atoms with Gasteiger partial charge >= 0.3 is 5.97 Å². The van der Waals surface area contributed by atoms with Crippen molar-refractivity contribution in [1.82, 2.24) is 4.72 Å². The Morgan fingerprint density at radius 2 is 1.68 bits per heavy atom. The van der Waals surface area contributed by atoms with Crippen molar-refractivity contribution in [3.8, 4) is 0 Å². The summed E-state index contributed by atoms with van der Waals surface area (Å²) in [5, 5.41) is 0. The van der Waals surface area contributed by atoms with E-state index >= 15 is 0 Å². The van der Waals surface area contributed by atoms with E-state index in [2.05, 4.69) is 11.3 Å². The summed E-state index contributed by atoms with van der Waals surface area (Å²) >= 11 is 1.56. The van der Waals surface area contributed by atoms with E-state index in [4.69, 9.17) is 4.74 Å². The fourth-order valence-electron chi connectivity index (χ4n) is 3.51. The molecule has 0 bridgehead atoms. The fourth-order valence-corrected chi connectivity index (χ4v) is 6.05. The molecule has 0 aliphatic carbocycles. The summed E-state index contributed by atoms with van der Waals surface area (Å²) in [4.78, 5) is 13.3. The zero-order chi connectivity index (χ0) is 24.6. The molecule has 1 unspecified atom stereocenters. The van der Waals surface area contributed by atoms with Crippen LogP contribution in [-0.2, 0) is 19.5 Å². The molecule has 0 aliphatic rings. The van der Waals surface area contributed by atoms with Crippen LogP contribution >= 0.6 is 11.8 Å². The lowest BCUT2D eigenvalue weighted by Crippen LogP contribution is -2.38. The number of ether oxygens (including phenoxy) is 1. The molecule has 3 aromatic carbocycles. The standard InChI is InChI=1S/C27H29NO4S2/c1-4-19-27(33-24-9-7-6-8-10-24,23-15-13-22(14-16-23)26(29)32-5-2)20-28-34(30,31)25-17-11-21(3)12-18-25/h4,6-18,28H,1,5,19-20H2,2-3H3. The van der Waals surface area contributed by atoms with Crippen molar-refractivity contribution < 1.29 is 17.9 Å². The fraction of sp³-hybridized carbons (Fsp3) is 0.222. The molecule has 0 aliphatic heterocycles. The Balaban J connectivity index is 1.99. The van der Waals surface area contributed by atoms with Gasteiger partial charge in [-0.1, -0.05) is 54.1 Å². The van der Waals surface area contributed by atoms with Crippen LogP contribution < -0.4 is 4.72 Å². The number of benzene rings is 3. The smallest absolute Gasteiger partial charge is 0.338 e. The molecule has 0 aromatic heterocycles. The van der Waals surface area contributed by atoms with Gasteiger partial charge in [-0.15, -0.1) is 18.3 Å². The maximum atomic E-state index is 13.1. The van der Waals surface area contributed by atoms with E-state index in [-0.39, 0.29) is 17.4 Å². The van der Waals surface area contributed by atoms with Gasteiger partial charge in [-0.05, 0) is 62.2 Å². The second-order valence-electron chi connectivity index (χ2n) is 7.84. The summed E-state index contributed by atoms with van der Waals surface area (Å²) in [6.45, 7) is 8.03. The molecule has 3 rings (SSSR count). The average molecular weight is 496 g/mol. The first-order chi connectivity index (χ1) is 16.3. The zero-order valence-electron chi connectivity index (χ0n) is 19.4. The third kappa shape index (κ3) is 6.38. The van der Waals surface area contributed by atoms with Crippen molar-refractivity contribution in [3.05, 3.63) is 108 Å². The van der Waals surface area contributed by atoms with E-state index in [1.807, 2.05) is 49.4 Å². The van der Waals surface area contributed by atoms with E-state index < -0.39 is 14.8 Å². The van der Waals surface area contributed by atoms with E-state index in [0.29, 0.717) is 18.6 Å². The SMILES string of the molecule is C=CCC(CNS(=O)(=O)c1ccc(C)cc1)(Sc1ccccc1)c1ccc(C(=O)OCC)cc1. The maximum absolute atomic E-state index is 13.1. The molecular weight excluding hydrogens is 466 g/mol. The summed E-state index contributed by atoms with van der Waals surface area (Å²) in [6, 6.07) is 23.7. The van der Waals surface area contributed by atoms with Gasteiger partial charge in [0.25, 0.3) is 0 Å². The molecule has 7 heteroatoms. The van der Waals surface area contributed by atoms with Crippen LogP contribution in [0.3, 0.4) is 0 Å². The molecular formula is C27H29NO4S2. The number of hydrogen-bond donors (Lipinski definition) is 1. The molecule has 0 saturated carbocycles. The number of aryl methyl sites for hydroxylation is 1. The molecule has 0 radical (unpaired) electrons. The average Bonchev–Trinajstić information content (AvgIpc) is 2.84. The molecule has 34 heavy (non-hydrogen) atoms. The van der Waals surface area contributed by atoms with E-state index in [0.717, 1.165) is 16.0 Å². The summed E-state index contributed by atoms with van der Waals surface area (Å²) in [5.74, 6) is -0.390. The first-order valence-electron chi connectivity index (χ1n) is 11.0. The van der Waals surface area contributed by atoms with Gasteiger partial charge in [0, 0.05) is 11.4 Å². The Hall–Kier alpha value is -2.87. The molecule has 3 aromatic rings. The Morgan fingerprint density at radius 3 is 2.26 bits per heavy atom. The van der Waals surface area contributed by atoms with Crippen LogP contribution in [0.5, 0.6) is 0 Å². The molecule has 1 atom stereocenters. The Kier molecular flexibility index (Phi) is 8.72. The van der Waals surface area contributed by atoms with Crippen molar-refractivity contribution >= 4 is 27.8 Å². The topological polar surface area (TPSA) is 72.5 Å². The number of nitrogens with one attached hydrogen (secondary N) is 1. The molecule has 0 heterocycles. The number of carbonyl (C=O) groups is 1. The molecule has 0 spiro atoms. The Morgan fingerprint density at radius 1 is 1.03 bits per heavy atom. The molecule has 1 N–H and O–H groups in total. The van der Waals surface area contributed by atoms with Crippen LogP contribution in [0.25, 0.3) is 0 Å². The minimum absolute atomic E-state index is 0.132. The quantitative estimate of drug-likeness (QED) is 0.209. The minimum atomic E-state index is -3.73. The van der Waals surface area contributed by atoms with Crippen molar-refractivity contribution in [2.24, 2.45) is 0 Å². The second kappa shape index (κ2) is 11.5. The first kappa shape index (κ1) is 25.7. The van der Waals surface area contributed by atoms with Gasteiger partial charge in [0.1, 0.15) is 0 Å². The highest BCUT2D eigenvalue weighted by Gasteiger charge is 2.34. The number of hydrogen-bond acceptors (Lipinski definition) is 5. The summed E-state index contributed by atoms with van der Waals surface area (Å²) in [5.41, 5.74) is 2.31. The van der Waals surface area contributed by atoms with Crippen LogP contribution in [0.2, 0.25) is 0 Å². The van der Waals surface area contributed by atoms with Crippen molar-refractivity contribution in [2.75, 3.05) is 13.2 Å². The number of rotatable bonds is 11. The van der Waals surface area contributed by atoms with E-state index in [1.165, 1.54) is 0 Å². The maximum Gasteiger partial charge on any atom is 0.338 e. The normalized spacial score (nSPS) is 13.1. The lowest BCUT2D eigenvalue weighted by Gasteiger charge is -2.33. The van der Waals surface area contributed by atoms with Gasteiger partial charge in [0.05, 0.1) is 21.8 Å². The molecule has 0 fully saturated rings. The number of carbonyl (C=O) groups excluding carboxylic acids is 1. The van der Waals surface area contributed by atoms with Gasteiger partial charge in [-0.25, -0.2) is 17.9 Å². The third-order valence-electron chi connectivity index (χ3n) is 5.33. The number of allylic oxidation sites excluding steroid dienone is 1. The molecule has 0 amide bonds. The van der Waals surface area contributed by atoms with Crippen molar-refractivity contribution in [3.63, 3.8) is 0 Å². The zero-order valence-corrected chi connectivity index (χ0v) is 21.0. The van der Waals surface area contributed by atoms with Gasteiger partial charge in [0.15, 0.2) is 0 Å². The van der Waals surface area contributed by atoms with Crippen LogP contribution in [0.4, 0.5) is 0 Å². The van der Waals surface area contributed by atoms with Gasteiger partial charge in [-0.3, -0.25) is 0 Å². The van der Waals surface area contributed by atoms with E-state index in [1.54, 1.807) is 61.2 Å². The Bertz CT molecular complexity index is 1210. The monoisotopic (exact) mass is 495 g/mol. The largest absolute Gasteiger partial charge is 0.462 e. The Labute approximate surface area is 206 Å². The lowest BCUT2D eigenvalue weighted by atomic mass is 9.93. The number of thioether (sulfide) groups is 1. The van der Waals surface area contributed by atoms with Gasteiger partial charge in [0.2, 0.25) is 10.0 Å². The van der Waals surface area contributed by atoms with E-state index in [9.17, 15) is 13.2 Å². The van der Waals surface area contributed by atoms with Crippen LogP contribution in [0.1, 0.15) is 34.8 Å². The van der Waals surface area contributed by atoms with Crippen molar-refractivity contribution in [1.29, 1.82) is 0 Å². The number of esters is 1. The van der Waals surface area contributed by atoms with Crippen molar-refractivity contribution in [2.45, 2.75) is 34.8 Å². The molecule has 178 valence electrons. The lowest BCUT2D eigenvalue weighted by molar-refractivity contribution is 0.0526. The highest BCUT2D eigenvalue weighted by Crippen LogP contribution is 2.44. The minimum Gasteiger partial charge on any atom is -0.462 e. The van der Waals surface area contributed by atoms with Crippen LogP contribution in [-0.4, -0.2) is 27.5 Å². The van der Waals surface area contributed by atoms with Gasteiger partial charge in [-0.2, -0.15) is 0 Å². The summed E-state index contributed by atoms with van der Waals surface area (Å²) < 4.78 is 33.4. The predicted molar refractivity (Wildman–Crippen MR) is 138 cm³/mol. The third-order valence-corrected chi connectivity index (χ3v) is 8.19. The highest BCUT2D eigenvalue weighted by molar-refractivity contribution is 8.00. The highest BCUT2D eigenvalue weighted by atomic mass is 32.2.